The van der Waals surface area contributed by atoms with Crippen LogP contribution in [0.2, 0.25) is 10.0 Å². The van der Waals surface area contributed by atoms with Crippen molar-refractivity contribution in [3.63, 3.8) is 0 Å². The van der Waals surface area contributed by atoms with E-state index in [-0.39, 0.29) is 0 Å². The lowest BCUT2D eigenvalue weighted by Gasteiger charge is -2.12. The van der Waals surface area contributed by atoms with Gasteiger partial charge >= 0.3 is 7.69 Å². The van der Waals surface area contributed by atoms with Gasteiger partial charge in [-0.2, -0.15) is 0 Å². The Morgan fingerprint density at radius 2 is 1.24 bits per heavy atom. The zero-order chi connectivity index (χ0) is 15.2. The second-order valence-electron chi connectivity index (χ2n) is 4.54. The molecule has 2 rings (SSSR count). The van der Waals surface area contributed by atoms with Gasteiger partial charge in [-0.05, 0) is 48.2 Å². The molecule has 0 fully saturated rings. The summed E-state index contributed by atoms with van der Waals surface area (Å²) in [5.41, 5.74) is 2.14. The minimum atomic E-state index is 0.632. The lowest BCUT2D eigenvalue weighted by molar-refractivity contribution is 0.453. The van der Waals surface area contributed by atoms with Crippen molar-refractivity contribution in [2.45, 2.75) is 26.7 Å². The van der Waals surface area contributed by atoms with E-state index < -0.39 is 0 Å². The van der Waals surface area contributed by atoms with Crippen LogP contribution in [0, 0.1) is 0 Å². The monoisotopic (exact) mass is 321 g/mol. The van der Waals surface area contributed by atoms with E-state index in [0.717, 1.165) is 24.0 Å². The van der Waals surface area contributed by atoms with Gasteiger partial charge in [0.1, 0.15) is 11.5 Å². The summed E-state index contributed by atoms with van der Waals surface area (Å²) in [5, 5.41) is 1.26. The molecule has 2 aromatic carbocycles. The van der Waals surface area contributed by atoms with E-state index >= 15 is 0 Å². The first-order valence-electron chi connectivity index (χ1n) is 6.86. The molecule has 0 amide bonds. The molecule has 0 N–H and O–H groups in total. The molecule has 0 saturated heterocycles. The average Bonchev–Trinajstić information content (AvgIpc) is 2.48. The molecule has 0 saturated carbocycles. The fourth-order valence-corrected chi connectivity index (χ4v) is 2.31. The van der Waals surface area contributed by atoms with E-state index in [0.29, 0.717) is 21.5 Å². The Bertz CT molecular complexity index is 564. The summed E-state index contributed by atoms with van der Waals surface area (Å²) < 4.78 is 11.2. The third kappa shape index (κ3) is 4.32. The van der Waals surface area contributed by atoms with Crippen molar-refractivity contribution >= 4 is 30.9 Å². The fourth-order valence-electron chi connectivity index (χ4n) is 1.99. The largest absolute Gasteiger partial charge is 0.658 e. The molecule has 2 aromatic rings. The zero-order valence-corrected chi connectivity index (χ0v) is 13.5. The molecule has 109 valence electrons. The van der Waals surface area contributed by atoms with Crippen LogP contribution in [0.5, 0.6) is 11.5 Å². The molecule has 0 bridgehead atoms. The number of halogens is 2. The first-order valence-corrected chi connectivity index (χ1v) is 7.61. The normalized spacial score (nSPS) is 10.3. The maximum atomic E-state index is 5.99. The molecule has 0 aromatic heterocycles. The molecule has 5 heteroatoms. The van der Waals surface area contributed by atoms with E-state index in [9.17, 15) is 0 Å². The van der Waals surface area contributed by atoms with Gasteiger partial charge in [0, 0.05) is 10.0 Å². The van der Waals surface area contributed by atoms with E-state index in [1.807, 2.05) is 24.3 Å². The molecule has 0 atom stereocenters. The first kappa shape index (κ1) is 16.1. The minimum absolute atomic E-state index is 0.632. The molecule has 0 unspecified atom stereocenters. The highest BCUT2D eigenvalue weighted by Gasteiger charge is 2.09. The van der Waals surface area contributed by atoms with Gasteiger partial charge < -0.3 is 9.31 Å². The number of hydrogen-bond donors (Lipinski definition) is 0. The van der Waals surface area contributed by atoms with Crippen molar-refractivity contribution in [1.82, 2.24) is 0 Å². The maximum Gasteiger partial charge on any atom is 0.658 e. The van der Waals surface area contributed by atoms with Gasteiger partial charge in [-0.15, -0.1) is 0 Å². The van der Waals surface area contributed by atoms with Crippen molar-refractivity contribution < 1.29 is 9.31 Å². The van der Waals surface area contributed by atoms with Gasteiger partial charge in [-0.25, -0.2) is 0 Å². The van der Waals surface area contributed by atoms with Crippen molar-refractivity contribution in [2.24, 2.45) is 0 Å². The van der Waals surface area contributed by atoms with Crippen molar-refractivity contribution in [2.75, 3.05) is 0 Å². The molecule has 0 aliphatic heterocycles. The summed E-state index contributed by atoms with van der Waals surface area (Å²) in [5.74, 6) is 1.40. The number of benzene rings is 2. The average molecular weight is 322 g/mol. The number of aryl methyl sites for hydroxylation is 2. The molecule has 0 aliphatic carbocycles. The summed E-state index contributed by atoms with van der Waals surface area (Å²) in [6.45, 7) is 4.12. The first-order chi connectivity index (χ1) is 10.1. The minimum Gasteiger partial charge on any atom is -0.526 e. The van der Waals surface area contributed by atoms with Crippen LogP contribution in [0.1, 0.15) is 25.0 Å². The Kier molecular flexibility index (Phi) is 5.83. The zero-order valence-electron chi connectivity index (χ0n) is 12.0. The van der Waals surface area contributed by atoms with Gasteiger partial charge in [0.2, 0.25) is 0 Å². The van der Waals surface area contributed by atoms with E-state index in [1.165, 1.54) is 7.69 Å². The van der Waals surface area contributed by atoms with Crippen LogP contribution in [-0.2, 0) is 12.8 Å². The Morgan fingerprint density at radius 1 is 0.810 bits per heavy atom. The number of rotatable bonds is 6. The number of hydrogen-bond acceptors (Lipinski definition) is 2. The molecule has 0 heterocycles. The predicted octanol–water partition coefficient (Wildman–Crippen LogP) is 5.11. The van der Waals surface area contributed by atoms with Crippen LogP contribution in [-0.4, -0.2) is 7.69 Å². The van der Waals surface area contributed by atoms with Gasteiger partial charge in [0.05, 0.1) is 0 Å². The molecule has 0 spiro atoms. The smallest absolute Gasteiger partial charge is 0.526 e. The van der Waals surface area contributed by atoms with Crippen LogP contribution in [0.3, 0.4) is 0 Å². The molecule has 1 radical (unpaired) electrons. The fraction of sp³-hybridized carbons (Fsp3) is 0.250. The SMILES string of the molecule is CCc1ccc(Cl)cc1O[B]Oc1cc(Cl)ccc1CC. The Hall–Kier alpha value is -1.32. The Morgan fingerprint density at radius 3 is 1.62 bits per heavy atom. The summed E-state index contributed by atoms with van der Waals surface area (Å²) in [6.07, 6.45) is 1.72. The quantitative estimate of drug-likeness (QED) is 0.688. The standard InChI is InChI=1S/C16H16BCl2O2/c1-3-11-5-7-13(18)9-15(11)20-17-21-16-10-14(19)8-6-12(16)4-2/h5-10H,3-4H2,1-2H3. The third-order valence-electron chi connectivity index (χ3n) is 3.17. The van der Waals surface area contributed by atoms with Gasteiger partial charge in [-0.1, -0.05) is 49.2 Å². The van der Waals surface area contributed by atoms with E-state index in [2.05, 4.69) is 13.8 Å². The maximum absolute atomic E-state index is 5.99. The van der Waals surface area contributed by atoms with Crippen molar-refractivity contribution in [3.05, 3.63) is 57.6 Å². The van der Waals surface area contributed by atoms with E-state index in [4.69, 9.17) is 32.5 Å². The summed E-state index contributed by atoms with van der Waals surface area (Å²) in [4.78, 5) is 0. The Labute approximate surface area is 136 Å². The highest BCUT2D eigenvalue weighted by molar-refractivity contribution is 6.31. The van der Waals surface area contributed by atoms with Crippen LogP contribution in [0.25, 0.3) is 0 Å². The van der Waals surface area contributed by atoms with Crippen LogP contribution in [0.15, 0.2) is 36.4 Å². The highest BCUT2D eigenvalue weighted by Crippen LogP contribution is 2.26. The molecule has 2 nitrogen and oxygen atoms in total. The van der Waals surface area contributed by atoms with Crippen LogP contribution in [0.4, 0.5) is 0 Å². The third-order valence-corrected chi connectivity index (χ3v) is 3.64. The van der Waals surface area contributed by atoms with E-state index in [1.54, 1.807) is 12.1 Å². The second-order valence-corrected chi connectivity index (χ2v) is 5.42. The molecular formula is C16H16BCl2O2. The molecule has 21 heavy (non-hydrogen) atoms. The van der Waals surface area contributed by atoms with Crippen molar-refractivity contribution in [3.8, 4) is 11.5 Å². The summed E-state index contributed by atoms with van der Waals surface area (Å²) >= 11 is 12.0. The van der Waals surface area contributed by atoms with Gasteiger partial charge in [-0.3, -0.25) is 0 Å². The van der Waals surface area contributed by atoms with Crippen LogP contribution < -0.4 is 9.31 Å². The highest BCUT2D eigenvalue weighted by atomic mass is 35.5. The summed E-state index contributed by atoms with van der Waals surface area (Å²) in [6, 6.07) is 11.1. The predicted molar refractivity (Wildman–Crippen MR) is 88.7 cm³/mol. The van der Waals surface area contributed by atoms with Gasteiger partial charge in [0.25, 0.3) is 0 Å². The summed E-state index contributed by atoms with van der Waals surface area (Å²) in [7, 11) is 1.32. The molecular weight excluding hydrogens is 306 g/mol. The second kappa shape index (κ2) is 7.62. The molecule has 0 aliphatic rings. The van der Waals surface area contributed by atoms with Crippen molar-refractivity contribution in [1.29, 1.82) is 0 Å². The Balaban J connectivity index is 2.05. The topological polar surface area (TPSA) is 18.5 Å². The van der Waals surface area contributed by atoms with Gasteiger partial charge in [0.15, 0.2) is 0 Å². The van der Waals surface area contributed by atoms with Crippen LogP contribution >= 0.6 is 23.2 Å². The lowest BCUT2D eigenvalue weighted by Crippen LogP contribution is -2.13. The lowest BCUT2D eigenvalue weighted by atomic mass is 10.1.